The maximum absolute atomic E-state index is 12.3. The van der Waals surface area contributed by atoms with E-state index in [4.69, 9.17) is 4.74 Å². The zero-order chi connectivity index (χ0) is 17.6. The minimum atomic E-state index is -0.629. The van der Waals surface area contributed by atoms with Gasteiger partial charge in [0.1, 0.15) is 6.20 Å². The second-order valence-electron chi connectivity index (χ2n) is 5.56. The Balaban J connectivity index is 1.59. The minimum Gasteiger partial charge on any atom is -0.476 e. The van der Waals surface area contributed by atoms with E-state index in [-0.39, 0.29) is 24.1 Å². The van der Waals surface area contributed by atoms with Gasteiger partial charge in [-0.3, -0.25) is 4.79 Å². The van der Waals surface area contributed by atoms with Crippen LogP contribution in [0.5, 0.6) is 5.75 Å². The molecule has 7 heteroatoms. The van der Waals surface area contributed by atoms with Gasteiger partial charge in [-0.2, -0.15) is 0 Å². The fourth-order valence-corrected chi connectivity index (χ4v) is 2.67. The Morgan fingerprint density at radius 2 is 2.04 bits per heavy atom. The van der Waals surface area contributed by atoms with Crippen molar-refractivity contribution < 1.29 is 14.5 Å². The van der Waals surface area contributed by atoms with Crippen molar-refractivity contribution in [2.24, 2.45) is 0 Å². The molecule has 0 saturated heterocycles. The first-order valence-electron chi connectivity index (χ1n) is 7.89. The SMILES string of the molecule is O=C(COc1cccnc1[N+](=O)[O-])N1CC=C(c2ccccc2)CC1. The number of carbonyl (C=O) groups excluding carboxylic acids is 1. The molecule has 0 spiro atoms. The highest BCUT2D eigenvalue weighted by atomic mass is 16.6. The van der Waals surface area contributed by atoms with Crippen LogP contribution in [0.15, 0.2) is 54.7 Å². The zero-order valence-corrected chi connectivity index (χ0v) is 13.5. The molecule has 25 heavy (non-hydrogen) atoms. The molecule has 0 atom stereocenters. The lowest BCUT2D eigenvalue weighted by molar-refractivity contribution is -0.390. The van der Waals surface area contributed by atoms with E-state index in [0.29, 0.717) is 13.1 Å². The van der Waals surface area contributed by atoms with Crippen molar-refractivity contribution in [3.63, 3.8) is 0 Å². The van der Waals surface area contributed by atoms with Crippen LogP contribution in [0.25, 0.3) is 5.57 Å². The molecule has 0 unspecified atom stereocenters. The maximum atomic E-state index is 12.3. The normalized spacial score (nSPS) is 13.9. The number of carbonyl (C=O) groups is 1. The standard InChI is InChI=1S/C18H17N3O4/c22-17(13-25-16-7-4-10-19-18(16)21(23)24)20-11-8-15(9-12-20)14-5-2-1-3-6-14/h1-8,10H,9,11-13H2. The van der Waals surface area contributed by atoms with E-state index in [2.05, 4.69) is 4.98 Å². The van der Waals surface area contributed by atoms with Gasteiger partial charge in [0.05, 0.1) is 0 Å². The average Bonchev–Trinajstić information content (AvgIpc) is 2.67. The van der Waals surface area contributed by atoms with E-state index < -0.39 is 4.92 Å². The van der Waals surface area contributed by atoms with E-state index in [1.54, 1.807) is 4.90 Å². The molecular weight excluding hydrogens is 322 g/mol. The monoisotopic (exact) mass is 339 g/mol. The zero-order valence-electron chi connectivity index (χ0n) is 13.5. The Labute approximate surface area is 144 Å². The van der Waals surface area contributed by atoms with Gasteiger partial charge in [-0.15, -0.1) is 0 Å². The number of ether oxygens (including phenoxy) is 1. The topological polar surface area (TPSA) is 85.6 Å². The molecule has 1 aliphatic heterocycles. The molecule has 1 aromatic carbocycles. The van der Waals surface area contributed by atoms with Crippen LogP contribution in [0.3, 0.4) is 0 Å². The van der Waals surface area contributed by atoms with Gasteiger partial charge in [0.2, 0.25) is 5.75 Å². The van der Waals surface area contributed by atoms with Crippen LogP contribution in [-0.4, -0.2) is 40.4 Å². The van der Waals surface area contributed by atoms with Crippen LogP contribution < -0.4 is 4.74 Å². The molecular formula is C18H17N3O4. The number of amides is 1. The van der Waals surface area contributed by atoms with Gasteiger partial charge in [0.25, 0.3) is 5.91 Å². The van der Waals surface area contributed by atoms with Crippen molar-refractivity contribution in [1.82, 2.24) is 9.88 Å². The molecule has 3 rings (SSSR count). The molecule has 1 aromatic heterocycles. The van der Waals surface area contributed by atoms with Crippen molar-refractivity contribution >= 4 is 17.3 Å². The largest absolute Gasteiger partial charge is 0.476 e. The highest BCUT2D eigenvalue weighted by Crippen LogP contribution is 2.24. The fourth-order valence-electron chi connectivity index (χ4n) is 2.67. The molecule has 0 radical (unpaired) electrons. The predicted octanol–water partition coefficient (Wildman–Crippen LogP) is 2.68. The summed E-state index contributed by atoms with van der Waals surface area (Å²) in [7, 11) is 0. The van der Waals surface area contributed by atoms with E-state index in [1.165, 1.54) is 23.9 Å². The van der Waals surface area contributed by atoms with Crippen LogP contribution in [0, 0.1) is 10.1 Å². The molecule has 0 aliphatic carbocycles. The molecule has 0 bridgehead atoms. The molecule has 7 nitrogen and oxygen atoms in total. The number of pyridine rings is 1. The fraction of sp³-hybridized carbons (Fsp3) is 0.222. The summed E-state index contributed by atoms with van der Waals surface area (Å²) >= 11 is 0. The summed E-state index contributed by atoms with van der Waals surface area (Å²) < 4.78 is 5.31. The number of nitrogens with zero attached hydrogens (tertiary/aromatic N) is 3. The van der Waals surface area contributed by atoms with E-state index in [9.17, 15) is 14.9 Å². The summed E-state index contributed by atoms with van der Waals surface area (Å²) in [5.74, 6) is -0.597. The van der Waals surface area contributed by atoms with Gasteiger partial charge in [0, 0.05) is 13.1 Å². The number of aromatic nitrogens is 1. The summed E-state index contributed by atoms with van der Waals surface area (Å²) in [6.45, 7) is 0.848. The van der Waals surface area contributed by atoms with Gasteiger partial charge in [0.15, 0.2) is 6.61 Å². The molecule has 2 aromatic rings. The highest BCUT2D eigenvalue weighted by Gasteiger charge is 2.21. The molecule has 1 amide bonds. The molecule has 0 saturated carbocycles. The van der Waals surface area contributed by atoms with Gasteiger partial charge in [-0.05, 0) is 39.6 Å². The third kappa shape index (κ3) is 4.00. The highest BCUT2D eigenvalue weighted by molar-refractivity contribution is 5.79. The van der Waals surface area contributed by atoms with Gasteiger partial charge < -0.3 is 19.8 Å². The second kappa shape index (κ2) is 7.57. The molecule has 1 aliphatic rings. The summed E-state index contributed by atoms with van der Waals surface area (Å²) in [6, 6.07) is 13.0. The summed E-state index contributed by atoms with van der Waals surface area (Å²) in [6.07, 6.45) is 4.11. The number of hydrogen-bond acceptors (Lipinski definition) is 5. The Bertz CT molecular complexity index is 805. The molecule has 2 heterocycles. The molecule has 0 fully saturated rings. The molecule has 0 N–H and O–H groups in total. The average molecular weight is 339 g/mol. The Hall–Kier alpha value is -3.22. The van der Waals surface area contributed by atoms with E-state index >= 15 is 0 Å². The third-order valence-corrected chi connectivity index (χ3v) is 3.98. The van der Waals surface area contributed by atoms with Crippen LogP contribution in [0.1, 0.15) is 12.0 Å². The first kappa shape index (κ1) is 16.6. The Kier molecular flexibility index (Phi) is 5.03. The number of rotatable bonds is 5. The van der Waals surface area contributed by atoms with Crippen molar-refractivity contribution in [3.8, 4) is 5.75 Å². The first-order chi connectivity index (χ1) is 12.1. The quantitative estimate of drug-likeness (QED) is 0.617. The van der Waals surface area contributed by atoms with Gasteiger partial charge in [-0.25, -0.2) is 0 Å². The second-order valence-corrected chi connectivity index (χ2v) is 5.56. The van der Waals surface area contributed by atoms with Crippen molar-refractivity contribution in [2.45, 2.75) is 6.42 Å². The number of hydrogen-bond donors (Lipinski definition) is 0. The first-order valence-corrected chi connectivity index (χ1v) is 7.89. The summed E-state index contributed by atoms with van der Waals surface area (Å²) in [5.41, 5.74) is 2.38. The lowest BCUT2D eigenvalue weighted by atomic mass is 10.00. The van der Waals surface area contributed by atoms with Crippen molar-refractivity contribution in [2.75, 3.05) is 19.7 Å². The molecule has 128 valence electrons. The number of nitro groups is 1. The predicted molar refractivity (Wildman–Crippen MR) is 92.0 cm³/mol. The smallest absolute Gasteiger partial charge is 0.406 e. The van der Waals surface area contributed by atoms with Crippen LogP contribution in [-0.2, 0) is 4.79 Å². The van der Waals surface area contributed by atoms with Crippen LogP contribution in [0.4, 0.5) is 5.82 Å². The third-order valence-electron chi connectivity index (χ3n) is 3.98. The number of benzene rings is 1. The van der Waals surface area contributed by atoms with Gasteiger partial charge >= 0.3 is 5.82 Å². The minimum absolute atomic E-state index is 0.00150. The van der Waals surface area contributed by atoms with Crippen LogP contribution in [0.2, 0.25) is 0 Å². The van der Waals surface area contributed by atoms with Crippen molar-refractivity contribution in [3.05, 3.63) is 70.4 Å². The van der Waals surface area contributed by atoms with E-state index in [0.717, 1.165) is 12.0 Å². The van der Waals surface area contributed by atoms with Crippen LogP contribution >= 0.6 is 0 Å². The summed E-state index contributed by atoms with van der Waals surface area (Å²) in [4.78, 5) is 27.9. The Morgan fingerprint density at radius 3 is 2.72 bits per heavy atom. The lowest BCUT2D eigenvalue weighted by Crippen LogP contribution is -2.37. The maximum Gasteiger partial charge on any atom is 0.406 e. The Morgan fingerprint density at radius 1 is 1.24 bits per heavy atom. The van der Waals surface area contributed by atoms with Crippen molar-refractivity contribution in [1.29, 1.82) is 0 Å². The lowest BCUT2D eigenvalue weighted by Gasteiger charge is -2.26. The van der Waals surface area contributed by atoms with Gasteiger partial charge in [-0.1, -0.05) is 36.4 Å². The van der Waals surface area contributed by atoms with E-state index in [1.807, 2.05) is 36.4 Å². The summed E-state index contributed by atoms with van der Waals surface area (Å²) in [5, 5.41) is 10.9.